The molecule has 2 N–H and O–H groups in total. The number of methoxy groups -OCH3 is 1. The van der Waals surface area contributed by atoms with Gasteiger partial charge in [-0.25, -0.2) is 9.18 Å². The Kier molecular flexibility index (Phi) is 4.45. The van der Waals surface area contributed by atoms with E-state index in [2.05, 4.69) is 4.74 Å². The van der Waals surface area contributed by atoms with Gasteiger partial charge in [0.05, 0.1) is 7.11 Å². The van der Waals surface area contributed by atoms with E-state index in [-0.39, 0.29) is 6.04 Å². The van der Waals surface area contributed by atoms with Crippen LogP contribution in [-0.2, 0) is 9.53 Å². The minimum Gasteiger partial charge on any atom is -0.479 e. The average molecular weight is 241 g/mol. The van der Waals surface area contributed by atoms with Gasteiger partial charge >= 0.3 is 5.97 Å². The third kappa shape index (κ3) is 3.42. The maximum Gasteiger partial charge on any atom is 0.346 e. The lowest BCUT2D eigenvalue weighted by Crippen LogP contribution is -2.25. The Hall–Kier alpha value is -1.62. The molecule has 0 amide bonds. The summed E-state index contributed by atoms with van der Waals surface area (Å²) in [4.78, 5) is 11.2. The number of carbonyl (C=O) groups is 1. The fraction of sp³-hybridized carbons (Fsp3) is 0.417. The van der Waals surface area contributed by atoms with E-state index in [9.17, 15) is 9.18 Å². The molecule has 0 bridgehead atoms. The van der Waals surface area contributed by atoms with E-state index in [0.717, 1.165) is 0 Å². The van der Waals surface area contributed by atoms with Crippen LogP contribution in [0.4, 0.5) is 4.39 Å². The highest BCUT2D eigenvalue weighted by Gasteiger charge is 2.18. The third-order valence-electron chi connectivity index (χ3n) is 2.30. The van der Waals surface area contributed by atoms with Gasteiger partial charge in [0.25, 0.3) is 0 Å². The largest absolute Gasteiger partial charge is 0.479 e. The number of nitrogens with two attached hydrogens (primary N) is 1. The average Bonchev–Trinajstić information content (AvgIpc) is 2.29. The first-order chi connectivity index (χ1) is 7.95. The summed E-state index contributed by atoms with van der Waals surface area (Å²) in [6, 6.07) is 3.62. The van der Waals surface area contributed by atoms with Gasteiger partial charge in [0, 0.05) is 11.6 Å². The summed E-state index contributed by atoms with van der Waals surface area (Å²) >= 11 is 0. The smallest absolute Gasteiger partial charge is 0.346 e. The Balaban J connectivity index is 2.94. The van der Waals surface area contributed by atoms with Crippen molar-refractivity contribution in [1.82, 2.24) is 0 Å². The second kappa shape index (κ2) is 5.63. The Labute approximate surface area is 99.5 Å². The molecule has 1 unspecified atom stereocenters. The molecule has 4 nitrogen and oxygen atoms in total. The predicted molar refractivity (Wildman–Crippen MR) is 61.1 cm³/mol. The lowest BCUT2D eigenvalue weighted by Gasteiger charge is -2.17. The summed E-state index contributed by atoms with van der Waals surface area (Å²) in [5.74, 6) is -0.500. The van der Waals surface area contributed by atoms with Crippen LogP contribution in [0.15, 0.2) is 18.2 Å². The SMILES string of the molecule is COC(=O)C(C)Oc1ccc(F)cc1[C@@H](C)N. The monoisotopic (exact) mass is 241 g/mol. The zero-order valence-corrected chi connectivity index (χ0v) is 10.1. The Bertz CT molecular complexity index is 407. The molecule has 0 radical (unpaired) electrons. The van der Waals surface area contributed by atoms with Crippen molar-refractivity contribution in [2.24, 2.45) is 5.73 Å². The first-order valence-corrected chi connectivity index (χ1v) is 5.25. The van der Waals surface area contributed by atoms with Gasteiger partial charge in [0.1, 0.15) is 11.6 Å². The lowest BCUT2D eigenvalue weighted by molar-refractivity contribution is -0.147. The highest BCUT2D eigenvalue weighted by atomic mass is 19.1. The van der Waals surface area contributed by atoms with Crippen LogP contribution in [0.3, 0.4) is 0 Å². The molecule has 0 saturated heterocycles. The van der Waals surface area contributed by atoms with E-state index in [1.165, 1.54) is 25.3 Å². The van der Waals surface area contributed by atoms with Crippen molar-refractivity contribution >= 4 is 5.97 Å². The van der Waals surface area contributed by atoms with Crippen LogP contribution in [0.2, 0.25) is 0 Å². The van der Waals surface area contributed by atoms with Gasteiger partial charge in [-0.15, -0.1) is 0 Å². The molecule has 0 saturated carbocycles. The van der Waals surface area contributed by atoms with Crippen LogP contribution in [0.5, 0.6) is 5.75 Å². The van der Waals surface area contributed by atoms with Crippen molar-refractivity contribution in [2.45, 2.75) is 26.0 Å². The summed E-state index contributed by atoms with van der Waals surface area (Å²) in [6.07, 6.45) is -0.761. The molecule has 1 aromatic rings. The standard InChI is InChI=1S/C12H16FNO3/c1-7(14)10-6-9(13)4-5-11(10)17-8(2)12(15)16-3/h4-8H,14H2,1-3H3/t7-,8?/m1/s1. The van der Waals surface area contributed by atoms with Crippen molar-refractivity contribution in [2.75, 3.05) is 7.11 Å². The molecule has 2 atom stereocenters. The number of benzene rings is 1. The lowest BCUT2D eigenvalue weighted by atomic mass is 10.1. The molecule has 0 aliphatic heterocycles. The number of hydrogen-bond donors (Lipinski definition) is 1. The summed E-state index contributed by atoms with van der Waals surface area (Å²) in [6.45, 7) is 3.27. The van der Waals surface area contributed by atoms with Crippen molar-refractivity contribution in [3.05, 3.63) is 29.6 Å². The molecule has 0 spiro atoms. The molecular weight excluding hydrogens is 225 g/mol. The van der Waals surface area contributed by atoms with Crippen LogP contribution in [0.25, 0.3) is 0 Å². The topological polar surface area (TPSA) is 61.5 Å². The van der Waals surface area contributed by atoms with Crippen molar-refractivity contribution in [3.63, 3.8) is 0 Å². The van der Waals surface area contributed by atoms with E-state index < -0.39 is 17.9 Å². The highest BCUT2D eigenvalue weighted by molar-refractivity contribution is 5.74. The van der Waals surface area contributed by atoms with Crippen LogP contribution < -0.4 is 10.5 Å². The zero-order chi connectivity index (χ0) is 13.0. The fourth-order valence-electron chi connectivity index (χ4n) is 1.39. The molecule has 5 heteroatoms. The van der Waals surface area contributed by atoms with Gasteiger partial charge < -0.3 is 15.2 Å². The van der Waals surface area contributed by atoms with Crippen LogP contribution in [0.1, 0.15) is 25.5 Å². The molecule has 0 aliphatic rings. The van der Waals surface area contributed by atoms with Gasteiger partial charge in [-0.05, 0) is 32.0 Å². The number of hydrogen-bond acceptors (Lipinski definition) is 4. The Morgan fingerprint density at radius 2 is 2.06 bits per heavy atom. The maximum atomic E-state index is 13.1. The fourth-order valence-corrected chi connectivity index (χ4v) is 1.39. The first kappa shape index (κ1) is 13.4. The first-order valence-electron chi connectivity index (χ1n) is 5.25. The third-order valence-corrected chi connectivity index (χ3v) is 2.30. The quantitative estimate of drug-likeness (QED) is 0.816. The van der Waals surface area contributed by atoms with Gasteiger partial charge in [-0.2, -0.15) is 0 Å². The van der Waals surface area contributed by atoms with Crippen molar-refractivity contribution in [1.29, 1.82) is 0 Å². The number of halogens is 1. The molecule has 0 fully saturated rings. The predicted octanol–water partition coefficient (Wildman–Crippen LogP) is 1.79. The number of esters is 1. The second-order valence-electron chi connectivity index (χ2n) is 3.75. The van der Waals surface area contributed by atoms with E-state index in [0.29, 0.717) is 11.3 Å². The van der Waals surface area contributed by atoms with E-state index in [1.807, 2.05) is 0 Å². The molecule has 1 aromatic carbocycles. The van der Waals surface area contributed by atoms with Crippen LogP contribution >= 0.6 is 0 Å². The van der Waals surface area contributed by atoms with Crippen molar-refractivity contribution < 1.29 is 18.7 Å². The zero-order valence-electron chi connectivity index (χ0n) is 10.1. The number of ether oxygens (including phenoxy) is 2. The molecule has 17 heavy (non-hydrogen) atoms. The molecule has 0 heterocycles. The molecule has 1 rings (SSSR count). The number of carbonyl (C=O) groups excluding carboxylic acids is 1. The van der Waals surface area contributed by atoms with Gasteiger partial charge in [0.2, 0.25) is 0 Å². The summed E-state index contributed by atoms with van der Waals surface area (Å²) < 4.78 is 23.0. The van der Waals surface area contributed by atoms with Gasteiger partial charge in [-0.3, -0.25) is 0 Å². The van der Waals surface area contributed by atoms with Gasteiger partial charge in [0.15, 0.2) is 6.10 Å². The van der Waals surface area contributed by atoms with E-state index in [4.69, 9.17) is 10.5 Å². The molecule has 0 aromatic heterocycles. The summed E-state index contributed by atoms with van der Waals surface area (Å²) in [5.41, 5.74) is 6.22. The highest BCUT2D eigenvalue weighted by Crippen LogP contribution is 2.25. The van der Waals surface area contributed by atoms with Crippen molar-refractivity contribution in [3.8, 4) is 5.75 Å². The minimum atomic E-state index is -0.761. The van der Waals surface area contributed by atoms with Gasteiger partial charge in [-0.1, -0.05) is 0 Å². The number of rotatable bonds is 4. The van der Waals surface area contributed by atoms with Crippen LogP contribution in [-0.4, -0.2) is 19.2 Å². The Morgan fingerprint density at radius 3 is 2.59 bits per heavy atom. The minimum absolute atomic E-state index is 0.384. The van der Waals surface area contributed by atoms with Crippen LogP contribution in [0, 0.1) is 5.82 Å². The maximum absolute atomic E-state index is 13.1. The van der Waals surface area contributed by atoms with E-state index in [1.54, 1.807) is 13.8 Å². The van der Waals surface area contributed by atoms with E-state index >= 15 is 0 Å². The summed E-state index contributed by atoms with van der Waals surface area (Å²) in [5, 5.41) is 0. The molecule has 0 aliphatic carbocycles. The molecular formula is C12H16FNO3. The second-order valence-corrected chi connectivity index (χ2v) is 3.75. The molecule has 94 valence electrons. The summed E-state index contributed by atoms with van der Waals surface area (Å²) in [7, 11) is 1.28. The normalized spacial score (nSPS) is 13.9. The Morgan fingerprint density at radius 1 is 1.41 bits per heavy atom.